The molecular formula is C13H18FN3O. The molecule has 2 rings (SSSR count). The van der Waals surface area contributed by atoms with E-state index in [-0.39, 0.29) is 11.6 Å². The van der Waals surface area contributed by atoms with Crippen LogP contribution in [0.5, 0.6) is 0 Å². The predicted molar refractivity (Wildman–Crippen MR) is 66.8 cm³/mol. The van der Waals surface area contributed by atoms with E-state index in [1.165, 1.54) is 31.0 Å². The Bertz CT molecular complexity index is 424. The molecule has 1 saturated heterocycles. The number of hydrogen-bond donors (Lipinski definition) is 1. The van der Waals surface area contributed by atoms with Gasteiger partial charge in [-0.1, -0.05) is 12.5 Å². The quantitative estimate of drug-likeness (QED) is 0.827. The van der Waals surface area contributed by atoms with E-state index >= 15 is 0 Å². The van der Waals surface area contributed by atoms with Crippen molar-refractivity contribution in [1.29, 1.82) is 0 Å². The molecule has 1 aliphatic heterocycles. The van der Waals surface area contributed by atoms with Crippen LogP contribution in [0.15, 0.2) is 18.2 Å². The number of nitrogens with one attached hydrogen (secondary N) is 1. The largest absolute Gasteiger partial charge is 0.349 e. The maximum atomic E-state index is 12.9. The van der Waals surface area contributed by atoms with Crippen LogP contribution < -0.4 is 5.32 Å². The van der Waals surface area contributed by atoms with E-state index in [4.69, 9.17) is 0 Å². The molecule has 1 amide bonds. The van der Waals surface area contributed by atoms with Gasteiger partial charge in [-0.2, -0.15) is 4.39 Å². The maximum absolute atomic E-state index is 12.9. The summed E-state index contributed by atoms with van der Waals surface area (Å²) in [6.07, 6.45) is 3.50. The normalized spacial score (nSPS) is 20.7. The fraction of sp³-hybridized carbons (Fsp3) is 0.538. The lowest BCUT2D eigenvalue weighted by Crippen LogP contribution is -2.44. The van der Waals surface area contributed by atoms with Crippen molar-refractivity contribution in [2.45, 2.75) is 25.3 Å². The first-order valence-corrected chi connectivity index (χ1v) is 6.28. The molecule has 5 heteroatoms. The van der Waals surface area contributed by atoms with Crippen LogP contribution >= 0.6 is 0 Å². The highest BCUT2D eigenvalue weighted by Gasteiger charge is 2.19. The van der Waals surface area contributed by atoms with Gasteiger partial charge in [0.1, 0.15) is 5.69 Å². The van der Waals surface area contributed by atoms with Gasteiger partial charge >= 0.3 is 0 Å². The van der Waals surface area contributed by atoms with Gasteiger partial charge < -0.3 is 10.2 Å². The summed E-state index contributed by atoms with van der Waals surface area (Å²) < 4.78 is 12.9. The molecule has 1 aromatic heterocycles. The number of aromatic nitrogens is 1. The van der Waals surface area contributed by atoms with Crippen LogP contribution in [0, 0.1) is 5.95 Å². The second-order valence-electron chi connectivity index (χ2n) is 4.69. The van der Waals surface area contributed by atoms with Gasteiger partial charge in [-0.3, -0.25) is 4.79 Å². The molecule has 18 heavy (non-hydrogen) atoms. The lowest BCUT2D eigenvalue weighted by atomic mass is 10.0. The monoisotopic (exact) mass is 251 g/mol. The van der Waals surface area contributed by atoms with Gasteiger partial charge in [0, 0.05) is 12.6 Å². The molecular weight excluding hydrogens is 233 g/mol. The van der Waals surface area contributed by atoms with Crippen molar-refractivity contribution in [3.05, 3.63) is 29.8 Å². The van der Waals surface area contributed by atoms with Crippen molar-refractivity contribution in [3.8, 4) is 0 Å². The summed E-state index contributed by atoms with van der Waals surface area (Å²) in [6.45, 7) is 1.66. The smallest absolute Gasteiger partial charge is 0.270 e. The third-order valence-corrected chi connectivity index (χ3v) is 3.37. The van der Waals surface area contributed by atoms with Gasteiger partial charge in [0.2, 0.25) is 5.95 Å². The maximum Gasteiger partial charge on any atom is 0.270 e. The van der Waals surface area contributed by atoms with Crippen LogP contribution in [0.2, 0.25) is 0 Å². The van der Waals surface area contributed by atoms with Gasteiger partial charge in [-0.15, -0.1) is 0 Å². The van der Waals surface area contributed by atoms with Gasteiger partial charge in [0.25, 0.3) is 5.91 Å². The fourth-order valence-electron chi connectivity index (χ4n) is 2.24. The topological polar surface area (TPSA) is 45.2 Å². The number of rotatable bonds is 3. The number of carbonyl (C=O) groups is 1. The molecule has 0 aromatic carbocycles. The number of piperidine rings is 1. The molecule has 1 fully saturated rings. The number of halogens is 1. The van der Waals surface area contributed by atoms with Crippen LogP contribution in [0.4, 0.5) is 4.39 Å². The highest BCUT2D eigenvalue weighted by atomic mass is 19.1. The van der Waals surface area contributed by atoms with Gasteiger partial charge in [0.15, 0.2) is 0 Å². The van der Waals surface area contributed by atoms with Crippen molar-refractivity contribution in [2.24, 2.45) is 0 Å². The standard InChI is InChI=1S/C13H18FN3O/c1-17-8-3-2-5-10(17)9-15-13(18)11-6-4-7-12(14)16-11/h4,6-7,10H,2-3,5,8-9H2,1H3,(H,15,18). The first kappa shape index (κ1) is 13.0. The van der Waals surface area contributed by atoms with Crippen molar-refractivity contribution in [1.82, 2.24) is 15.2 Å². The zero-order valence-electron chi connectivity index (χ0n) is 10.5. The summed E-state index contributed by atoms with van der Waals surface area (Å²) in [4.78, 5) is 17.6. The Morgan fingerprint density at radius 1 is 1.56 bits per heavy atom. The third kappa shape index (κ3) is 3.26. The average molecular weight is 251 g/mol. The number of likely N-dealkylation sites (N-methyl/N-ethyl adjacent to an activating group) is 1. The Morgan fingerprint density at radius 2 is 2.39 bits per heavy atom. The summed E-state index contributed by atoms with van der Waals surface area (Å²) in [5, 5.41) is 2.82. The van der Waals surface area contributed by atoms with Crippen molar-refractivity contribution < 1.29 is 9.18 Å². The third-order valence-electron chi connectivity index (χ3n) is 3.37. The molecule has 0 bridgehead atoms. The molecule has 2 heterocycles. The van der Waals surface area contributed by atoms with E-state index in [1.54, 1.807) is 0 Å². The predicted octanol–water partition coefficient (Wildman–Crippen LogP) is 1.43. The lowest BCUT2D eigenvalue weighted by Gasteiger charge is -2.32. The van der Waals surface area contributed by atoms with Crippen LogP contribution in [0.25, 0.3) is 0 Å². The second-order valence-corrected chi connectivity index (χ2v) is 4.69. The number of nitrogens with zero attached hydrogens (tertiary/aromatic N) is 2. The molecule has 0 radical (unpaired) electrons. The molecule has 1 atom stereocenters. The van der Waals surface area contributed by atoms with E-state index in [9.17, 15) is 9.18 Å². The molecule has 0 aliphatic carbocycles. The first-order chi connectivity index (χ1) is 8.66. The number of hydrogen-bond acceptors (Lipinski definition) is 3. The molecule has 1 N–H and O–H groups in total. The van der Waals surface area contributed by atoms with E-state index in [1.807, 2.05) is 0 Å². The number of pyridine rings is 1. The Morgan fingerprint density at radius 3 is 3.11 bits per heavy atom. The van der Waals surface area contributed by atoms with E-state index in [0.29, 0.717) is 12.6 Å². The second kappa shape index (κ2) is 5.91. The van der Waals surface area contributed by atoms with Crippen LogP contribution in [0.3, 0.4) is 0 Å². The zero-order valence-corrected chi connectivity index (χ0v) is 10.5. The molecule has 4 nitrogen and oxygen atoms in total. The fourth-order valence-corrected chi connectivity index (χ4v) is 2.24. The van der Waals surface area contributed by atoms with Crippen LogP contribution in [-0.4, -0.2) is 42.0 Å². The number of likely N-dealkylation sites (tertiary alicyclic amines) is 1. The van der Waals surface area contributed by atoms with Crippen molar-refractivity contribution in [2.75, 3.05) is 20.1 Å². The van der Waals surface area contributed by atoms with Crippen molar-refractivity contribution in [3.63, 3.8) is 0 Å². The van der Waals surface area contributed by atoms with Gasteiger partial charge in [-0.25, -0.2) is 4.98 Å². The molecule has 1 aromatic rings. The van der Waals surface area contributed by atoms with E-state index in [2.05, 4.69) is 22.2 Å². The highest BCUT2D eigenvalue weighted by molar-refractivity contribution is 5.92. The van der Waals surface area contributed by atoms with E-state index < -0.39 is 5.95 Å². The minimum atomic E-state index is -0.627. The number of carbonyl (C=O) groups excluding carboxylic acids is 1. The zero-order chi connectivity index (χ0) is 13.0. The van der Waals surface area contributed by atoms with Crippen LogP contribution in [0.1, 0.15) is 29.8 Å². The average Bonchev–Trinajstić information content (AvgIpc) is 2.37. The van der Waals surface area contributed by atoms with E-state index in [0.717, 1.165) is 13.0 Å². The molecule has 98 valence electrons. The highest BCUT2D eigenvalue weighted by Crippen LogP contribution is 2.14. The molecule has 1 aliphatic rings. The lowest BCUT2D eigenvalue weighted by molar-refractivity contribution is 0.0922. The number of amides is 1. The first-order valence-electron chi connectivity index (χ1n) is 6.28. The van der Waals surface area contributed by atoms with Gasteiger partial charge in [0.05, 0.1) is 0 Å². The summed E-state index contributed by atoms with van der Waals surface area (Å²) in [6, 6.07) is 4.61. The summed E-state index contributed by atoms with van der Waals surface area (Å²) in [5.41, 5.74) is 0.133. The van der Waals surface area contributed by atoms with Crippen molar-refractivity contribution >= 4 is 5.91 Å². The molecule has 1 unspecified atom stereocenters. The van der Waals surface area contributed by atoms with Crippen LogP contribution in [-0.2, 0) is 0 Å². The Labute approximate surface area is 106 Å². The minimum Gasteiger partial charge on any atom is -0.349 e. The Kier molecular flexibility index (Phi) is 4.25. The summed E-state index contributed by atoms with van der Waals surface area (Å²) in [7, 11) is 2.07. The minimum absolute atomic E-state index is 0.133. The molecule has 0 saturated carbocycles. The SMILES string of the molecule is CN1CCCCC1CNC(=O)c1cccc(F)n1. The Hall–Kier alpha value is -1.49. The van der Waals surface area contributed by atoms with Gasteiger partial charge in [-0.05, 0) is 38.6 Å². The Balaban J connectivity index is 1.88. The summed E-state index contributed by atoms with van der Waals surface area (Å²) >= 11 is 0. The molecule has 0 spiro atoms. The summed E-state index contributed by atoms with van der Waals surface area (Å²) in [5.74, 6) is -0.939.